The molecule has 0 saturated heterocycles. The third-order valence-electron chi connectivity index (χ3n) is 6.45. The van der Waals surface area contributed by atoms with Crippen LogP contribution in [-0.4, -0.2) is 19.9 Å². The molecule has 0 bridgehead atoms. The molecule has 1 N–H and O–H groups in total. The average Bonchev–Trinajstić information content (AvgIpc) is 2.85. The Morgan fingerprint density at radius 1 is 1.14 bits per heavy atom. The quantitative estimate of drug-likeness (QED) is 0.130. The number of fused-ring (bicyclic) bond motifs is 1. The van der Waals surface area contributed by atoms with Crippen LogP contribution in [0.25, 0.3) is 21.9 Å². The topological polar surface area (TPSA) is 38.3 Å². The molecule has 0 heterocycles. The number of carbonyl (C=O) groups excluding carboxylic acids is 1. The number of ether oxygens (including phenoxy) is 1. The Hall–Kier alpha value is -3.37. The van der Waals surface area contributed by atoms with Crippen LogP contribution in [0.2, 0.25) is 5.02 Å². The fourth-order valence-corrected chi connectivity index (χ4v) is 4.85. The zero-order valence-electron chi connectivity index (χ0n) is 21.6. The number of hydrogen-bond donors (Lipinski definition) is 1. The molecule has 0 amide bonds. The van der Waals surface area contributed by atoms with Gasteiger partial charge in [-0.25, -0.2) is 4.39 Å². The Morgan fingerprint density at radius 2 is 1.89 bits per heavy atom. The van der Waals surface area contributed by atoms with Crippen molar-refractivity contribution in [3.05, 3.63) is 99.5 Å². The van der Waals surface area contributed by atoms with Crippen molar-refractivity contribution in [3.8, 4) is 5.75 Å². The van der Waals surface area contributed by atoms with Gasteiger partial charge in [-0.2, -0.15) is 0 Å². The number of allylic oxidation sites excluding steroid dienone is 5. The first kappa shape index (κ1) is 27.2. The molecule has 3 rings (SSSR count). The second-order valence-electron chi connectivity index (χ2n) is 8.98. The Balaban J connectivity index is 1.89. The Bertz CT molecular complexity index is 1370. The van der Waals surface area contributed by atoms with Crippen molar-refractivity contribution in [2.24, 2.45) is 0 Å². The maximum absolute atomic E-state index is 13.6. The van der Waals surface area contributed by atoms with E-state index in [1.807, 2.05) is 65.1 Å². The standard InChI is InChI=1S/C31H33ClFNO2/c1-19(2)30(22(5)34-6)31-21(4)26(14-15-28(31)32)25(20(3)18-35)10-8-16-36-29-11-7-9-23-17-24(33)12-13-27(23)29/h7,9,11-15,17-18,34H,1,8,10,16H2,2-6H3/b25-20+,30-22+. The first-order valence-electron chi connectivity index (χ1n) is 12.0. The highest BCUT2D eigenvalue weighted by Gasteiger charge is 2.19. The third-order valence-corrected chi connectivity index (χ3v) is 6.76. The predicted molar refractivity (Wildman–Crippen MR) is 150 cm³/mol. The van der Waals surface area contributed by atoms with E-state index >= 15 is 0 Å². The smallest absolute Gasteiger partial charge is 0.146 e. The van der Waals surface area contributed by atoms with Crippen LogP contribution in [-0.2, 0) is 4.79 Å². The third kappa shape index (κ3) is 5.88. The highest BCUT2D eigenvalue weighted by atomic mass is 35.5. The number of halogens is 2. The van der Waals surface area contributed by atoms with Crippen LogP contribution >= 0.6 is 11.6 Å². The molecule has 0 atom stereocenters. The van der Waals surface area contributed by atoms with Crippen LogP contribution in [0.3, 0.4) is 0 Å². The van der Waals surface area contributed by atoms with E-state index in [1.54, 1.807) is 6.07 Å². The van der Waals surface area contributed by atoms with Crippen LogP contribution in [0, 0.1) is 12.7 Å². The van der Waals surface area contributed by atoms with Gasteiger partial charge in [0.25, 0.3) is 0 Å². The molecule has 36 heavy (non-hydrogen) atoms. The summed E-state index contributed by atoms with van der Waals surface area (Å²) in [4.78, 5) is 11.8. The highest BCUT2D eigenvalue weighted by Crippen LogP contribution is 2.38. The molecule has 0 radical (unpaired) electrons. The fraction of sp³-hybridized carbons (Fsp3) is 0.258. The Morgan fingerprint density at radius 3 is 2.56 bits per heavy atom. The van der Waals surface area contributed by atoms with E-state index in [2.05, 4.69) is 11.9 Å². The van der Waals surface area contributed by atoms with Gasteiger partial charge in [0.1, 0.15) is 17.9 Å². The number of carbonyl (C=O) groups is 1. The van der Waals surface area contributed by atoms with E-state index < -0.39 is 0 Å². The Labute approximate surface area is 218 Å². The summed E-state index contributed by atoms with van der Waals surface area (Å²) in [7, 11) is 1.87. The van der Waals surface area contributed by atoms with Crippen LogP contribution in [0.15, 0.2) is 72.0 Å². The first-order valence-corrected chi connectivity index (χ1v) is 12.4. The summed E-state index contributed by atoms with van der Waals surface area (Å²) in [5.74, 6) is 0.444. The van der Waals surface area contributed by atoms with Crippen molar-refractivity contribution >= 4 is 39.8 Å². The summed E-state index contributed by atoms with van der Waals surface area (Å²) in [5.41, 5.74) is 7.41. The lowest BCUT2D eigenvalue weighted by Gasteiger charge is -2.21. The van der Waals surface area contributed by atoms with Crippen LogP contribution < -0.4 is 10.1 Å². The lowest BCUT2D eigenvalue weighted by Crippen LogP contribution is -2.08. The summed E-state index contributed by atoms with van der Waals surface area (Å²) in [6.07, 6.45) is 2.26. The summed E-state index contributed by atoms with van der Waals surface area (Å²) in [6.45, 7) is 12.5. The molecule has 188 valence electrons. The van der Waals surface area contributed by atoms with Crippen molar-refractivity contribution in [2.45, 2.75) is 40.5 Å². The monoisotopic (exact) mass is 505 g/mol. The summed E-state index contributed by atoms with van der Waals surface area (Å²) in [6, 6.07) is 14.2. The molecule has 5 heteroatoms. The van der Waals surface area contributed by atoms with Gasteiger partial charge in [0.2, 0.25) is 0 Å². The van der Waals surface area contributed by atoms with Gasteiger partial charge in [0.15, 0.2) is 0 Å². The van der Waals surface area contributed by atoms with Crippen molar-refractivity contribution in [2.75, 3.05) is 13.7 Å². The molecular weight excluding hydrogens is 473 g/mol. The van der Waals surface area contributed by atoms with Crippen molar-refractivity contribution in [1.29, 1.82) is 0 Å². The molecule has 3 aromatic carbocycles. The zero-order chi connectivity index (χ0) is 26.4. The molecule has 3 aromatic rings. The van der Waals surface area contributed by atoms with E-state index in [-0.39, 0.29) is 5.82 Å². The van der Waals surface area contributed by atoms with Gasteiger partial charge < -0.3 is 10.1 Å². The van der Waals surface area contributed by atoms with Gasteiger partial charge in [0.05, 0.1) is 6.61 Å². The molecule has 0 aliphatic carbocycles. The highest BCUT2D eigenvalue weighted by molar-refractivity contribution is 6.33. The average molecular weight is 506 g/mol. The van der Waals surface area contributed by atoms with Gasteiger partial charge in [-0.05, 0) is 104 Å². The number of rotatable bonds is 10. The molecule has 0 aliphatic rings. The minimum atomic E-state index is -0.272. The van der Waals surface area contributed by atoms with Gasteiger partial charge in [-0.3, -0.25) is 4.79 Å². The van der Waals surface area contributed by atoms with E-state index in [4.69, 9.17) is 16.3 Å². The predicted octanol–water partition coefficient (Wildman–Crippen LogP) is 8.30. The molecule has 0 aliphatic heterocycles. The van der Waals surface area contributed by atoms with Crippen molar-refractivity contribution in [3.63, 3.8) is 0 Å². The van der Waals surface area contributed by atoms with E-state index in [9.17, 15) is 9.18 Å². The van der Waals surface area contributed by atoms with Gasteiger partial charge in [-0.1, -0.05) is 36.4 Å². The number of benzene rings is 3. The van der Waals surface area contributed by atoms with Crippen LogP contribution in [0.1, 0.15) is 50.3 Å². The van der Waals surface area contributed by atoms with Crippen LogP contribution in [0.4, 0.5) is 4.39 Å². The number of nitrogens with one attached hydrogen (secondary N) is 1. The van der Waals surface area contributed by atoms with E-state index in [0.717, 1.165) is 56.2 Å². The molecule has 0 unspecified atom stereocenters. The largest absolute Gasteiger partial charge is 0.493 e. The molecule has 0 fully saturated rings. The minimum Gasteiger partial charge on any atom is -0.493 e. The van der Waals surface area contributed by atoms with Gasteiger partial charge in [0, 0.05) is 34.3 Å². The van der Waals surface area contributed by atoms with E-state index in [0.29, 0.717) is 35.8 Å². The maximum atomic E-state index is 13.6. The summed E-state index contributed by atoms with van der Waals surface area (Å²) >= 11 is 6.68. The SMILES string of the molecule is C=C(C)/C(=C(/C)NC)c1c(Cl)ccc(/C(CCCOc2cccc3cc(F)ccc23)=C(\C)C=O)c1C. The molecule has 0 saturated carbocycles. The maximum Gasteiger partial charge on any atom is 0.146 e. The molecule has 0 aromatic heterocycles. The minimum absolute atomic E-state index is 0.272. The van der Waals surface area contributed by atoms with Crippen molar-refractivity contribution in [1.82, 2.24) is 5.32 Å². The van der Waals surface area contributed by atoms with Crippen LogP contribution in [0.5, 0.6) is 5.75 Å². The number of aldehydes is 1. The summed E-state index contributed by atoms with van der Waals surface area (Å²) < 4.78 is 19.7. The second-order valence-corrected chi connectivity index (χ2v) is 9.39. The molecule has 3 nitrogen and oxygen atoms in total. The first-order chi connectivity index (χ1) is 17.2. The van der Waals surface area contributed by atoms with Gasteiger partial charge in [-0.15, -0.1) is 0 Å². The number of hydrogen-bond acceptors (Lipinski definition) is 3. The lowest BCUT2D eigenvalue weighted by molar-refractivity contribution is -0.104. The van der Waals surface area contributed by atoms with Gasteiger partial charge >= 0.3 is 0 Å². The summed E-state index contributed by atoms with van der Waals surface area (Å²) in [5, 5.41) is 5.52. The lowest BCUT2D eigenvalue weighted by atomic mass is 9.86. The van der Waals surface area contributed by atoms with Crippen molar-refractivity contribution < 1.29 is 13.9 Å². The zero-order valence-corrected chi connectivity index (χ0v) is 22.4. The molecular formula is C31H33ClFNO2. The normalized spacial score (nSPS) is 12.6. The fourth-order valence-electron chi connectivity index (χ4n) is 4.56. The second kappa shape index (κ2) is 12.0. The molecule has 0 spiro atoms. The van der Waals surface area contributed by atoms with E-state index in [1.165, 1.54) is 12.1 Å². The Kier molecular flexibility index (Phi) is 9.11.